The smallest absolute Gasteiger partial charge is 0.137 e. The lowest BCUT2D eigenvalue weighted by atomic mass is 9.72. The minimum atomic E-state index is -0.0838. The van der Waals surface area contributed by atoms with Gasteiger partial charge in [0.1, 0.15) is 17.3 Å². The van der Waals surface area contributed by atoms with Crippen LogP contribution in [0.15, 0.2) is 90.6 Å². The Morgan fingerprint density at radius 1 is 0.885 bits per heavy atom. The van der Waals surface area contributed by atoms with Crippen LogP contribution < -0.4 is 4.74 Å². The van der Waals surface area contributed by atoms with E-state index in [9.17, 15) is 0 Å². The highest BCUT2D eigenvalue weighted by Crippen LogP contribution is 2.44. The summed E-state index contributed by atoms with van der Waals surface area (Å²) in [6.45, 7) is 22.9. The highest BCUT2D eigenvalue weighted by Gasteiger charge is 2.32. The van der Waals surface area contributed by atoms with Crippen molar-refractivity contribution >= 4 is 21.8 Å². The molecule has 3 heterocycles. The second-order valence-electron chi connectivity index (χ2n) is 16.7. The maximum atomic E-state index is 6.87. The summed E-state index contributed by atoms with van der Waals surface area (Å²) in [7, 11) is 0. The van der Waals surface area contributed by atoms with Crippen molar-refractivity contribution in [2.45, 2.75) is 112 Å². The van der Waals surface area contributed by atoms with Crippen LogP contribution in [-0.4, -0.2) is 19.3 Å². The Kier molecular flexibility index (Phi) is 9.67. The number of para-hydroxylation sites is 1. The molecule has 0 bridgehead atoms. The number of allylic oxidation sites excluding steroid dienone is 2. The van der Waals surface area contributed by atoms with Gasteiger partial charge in [-0.2, -0.15) is 5.10 Å². The fraction of sp³-hybridized carbons (Fsp3) is 0.404. The molecule has 7 rings (SSSR count). The van der Waals surface area contributed by atoms with Crippen molar-refractivity contribution in [3.63, 3.8) is 0 Å². The van der Waals surface area contributed by atoms with E-state index in [1.165, 1.54) is 45.2 Å². The maximum Gasteiger partial charge on any atom is 0.137 e. The van der Waals surface area contributed by atoms with E-state index in [1.54, 1.807) is 0 Å². The second-order valence-corrected chi connectivity index (χ2v) is 16.7. The number of pyridine rings is 1. The predicted octanol–water partition coefficient (Wildman–Crippen LogP) is 12.9. The van der Waals surface area contributed by atoms with Crippen LogP contribution in [0, 0.1) is 18.8 Å². The van der Waals surface area contributed by atoms with E-state index in [2.05, 4.69) is 157 Å². The van der Waals surface area contributed by atoms with E-state index in [4.69, 9.17) is 14.8 Å². The average molecular weight is 693 g/mol. The molecule has 0 saturated carbocycles. The lowest BCUT2D eigenvalue weighted by molar-refractivity contribution is 0.389. The van der Waals surface area contributed by atoms with E-state index in [1.807, 2.05) is 6.20 Å². The van der Waals surface area contributed by atoms with Crippen LogP contribution >= 0.6 is 0 Å². The summed E-state index contributed by atoms with van der Waals surface area (Å²) in [4.78, 5) is 4.86. The van der Waals surface area contributed by atoms with E-state index in [-0.39, 0.29) is 5.41 Å². The van der Waals surface area contributed by atoms with Crippen molar-refractivity contribution in [2.24, 2.45) is 11.8 Å². The Labute approximate surface area is 310 Å². The van der Waals surface area contributed by atoms with Crippen molar-refractivity contribution in [3.05, 3.63) is 119 Å². The van der Waals surface area contributed by atoms with Gasteiger partial charge in [-0.3, -0.25) is 4.57 Å². The third kappa shape index (κ3) is 6.71. The molecule has 0 fully saturated rings. The van der Waals surface area contributed by atoms with Crippen LogP contribution in [0.5, 0.6) is 11.5 Å². The zero-order chi connectivity index (χ0) is 36.9. The van der Waals surface area contributed by atoms with Crippen LogP contribution in [0.25, 0.3) is 33.3 Å². The van der Waals surface area contributed by atoms with Gasteiger partial charge in [-0.15, -0.1) is 0 Å². The first kappa shape index (κ1) is 35.7. The number of fused-ring (bicyclic) bond motifs is 3. The quantitative estimate of drug-likeness (QED) is 0.142. The maximum absolute atomic E-state index is 6.87. The summed E-state index contributed by atoms with van der Waals surface area (Å²) in [6, 6.07) is 26.1. The number of ether oxygens (including phenoxy) is 1. The summed E-state index contributed by atoms with van der Waals surface area (Å²) in [5.74, 6) is 4.52. The van der Waals surface area contributed by atoms with E-state index >= 15 is 0 Å². The molecule has 0 spiro atoms. The number of aromatic nitrogens is 4. The van der Waals surface area contributed by atoms with Gasteiger partial charge >= 0.3 is 0 Å². The molecule has 0 unspecified atom stereocenters. The molecule has 6 aromatic rings. The Hall–Kier alpha value is -4.64. The van der Waals surface area contributed by atoms with Gasteiger partial charge in [0.25, 0.3) is 0 Å². The molecule has 1 aliphatic carbocycles. The summed E-state index contributed by atoms with van der Waals surface area (Å²) < 4.78 is 11.4. The van der Waals surface area contributed by atoms with Gasteiger partial charge in [-0.05, 0) is 110 Å². The molecule has 0 aliphatic heterocycles. The molecule has 3 atom stereocenters. The summed E-state index contributed by atoms with van der Waals surface area (Å²) >= 11 is 0. The molecule has 5 nitrogen and oxygen atoms in total. The number of rotatable bonds is 9. The van der Waals surface area contributed by atoms with Crippen molar-refractivity contribution in [1.29, 1.82) is 0 Å². The fourth-order valence-electron chi connectivity index (χ4n) is 8.60. The van der Waals surface area contributed by atoms with Gasteiger partial charge < -0.3 is 4.74 Å². The molecular formula is C47H56N4O. The first-order valence-corrected chi connectivity index (χ1v) is 19.4. The standard InChI is InChI=1S/C47H56N4O/c1-11-12-16-42-46(45-31(5)22-30(4)23-32(45)6)33(7)49-51(42)36-25-35(47(8,9)10)26-38(27-36)52-37-18-19-40-39-15-13-14-17-41(39)50(43(40)28-37)44-24-34(29(2)3)20-21-48-44/h13-15,17-22,24-30,32,45H,11-12,16,23H2,1-10H3/t30-,32-,45-/m0/s1. The largest absolute Gasteiger partial charge is 0.457 e. The SMILES string of the molecule is CCCCc1c([C@H]2C(C)=C[C@H](C)C[C@@H]2C)c(C)nn1-c1cc(Oc2ccc3c4ccccc4n(-c4cc(C(C)C)ccn4)c3c2)cc(C(C)(C)C)c1. The van der Waals surface area contributed by atoms with Crippen molar-refractivity contribution in [2.75, 3.05) is 0 Å². The average Bonchev–Trinajstić information content (AvgIpc) is 3.60. The number of unbranched alkanes of at least 4 members (excludes halogenated alkanes) is 1. The van der Waals surface area contributed by atoms with Gasteiger partial charge in [0, 0.05) is 46.3 Å². The fourth-order valence-corrected chi connectivity index (χ4v) is 8.60. The Morgan fingerprint density at radius 2 is 1.65 bits per heavy atom. The molecule has 270 valence electrons. The highest BCUT2D eigenvalue weighted by atomic mass is 16.5. The van der Waals surface area contributed by atoms with Gasteiger partial charge in [0.05, 0.1) is 22.4 Å². The van der Waals surface area contributed by atoms with Crippen LogP contribution in [0.3, 0.4) is 0 Å². The molecule has 5 heteroatoms. The summed E-state index contributed by atoms with van der Waals surface area (Å²) in [5.41, 5.74) is 11.1. The number of nitrogens with zero attached hydrogens (tertiary/aromatic N) is 4. The van der Waals surface area contributed by atoms with E-state index in [0.717, 1.165) is 59.0 Å². The zero-order valence-electron chi connectivity index (χ0n) is 32.9. The Morgan fingerprint density at radius 3 is 2.38 bits per heavy atom. The molecule has 0 amide bonds. The summed E-state index contributed by atoms with van der Waals surface area (Å²) in [5, 5.41) is 7.70. The van der Waals surface area contributed by atoms with Crippen molar-refractivity contribution < 1.29 is 4.74 Å². The van der Waals surface area contributed by atoms with Gasteiger partial charge in [-0.1, -0.05) is 91.7 Å². The third-order valence-corrected chi connectivity index (χ3v) is 11.2. The summed E-state index contributed by atoms with van der Waals surface area (Å²) in [6.07, 6.45) is 8.90. The first-order chi connectivity index (χ1) is 24.8. The third-order valence-electron chi connectivity index (χ3n) is 11.2. The van der Waals surface area contributed by atoms with Crippen LogP contribution in [-0.2, 0) is 11.8 Å². The van der Waals surface area contributed by atoms with Crippen LogP contribution in [0.4, 0.5) is 0 Å². The minimum Gasteiger partial charge on any atom is -0.457 e. The molecule has 52 heavy (non-hydrogen) atoms. The predicted molar refractivity (Wildman–Crippen MR) is 218 cm³/mol. The molecule has 0 N–H and O–H groups in total. The highest BCUT2D eigenvalue weighted by molar-refractivity contribution is 6.09. The number of hydrogen-bond donors (Lipinski definition) is 0. The van der Waals surface area contributed by atoms with Gasteiger partial charge in [-0.25, -0.2) is 9.67 Å². The van der Waals surface area contributed by atoms with E-state index in [0.29, 0.717) is 23.7 Å². The minimum absolute atomic E-state index is 0.0838. The monoisotopic (exact) mass is 692 g/mol. The molecule has 0 radical (unpaired) electrons. The zero-order valence-corrected chi connectivity index (χ0v) is 32.9. The second kappa shape index (κ2) is 14.1. The molecule has 3 aromatic heterocycles. The lowest BCUT2D eigenvalue weighted by Gasteiger charge is -2.32. The number of benzene rings is 3. The number of aryl methyl sites for hydroxylation is 1. The lowest BCUT2D eigenvalue weighted by Crippen LogP contribution is -2.21. The Bertz CT molecular complexity index is 2280. The normalized spacial score (nSPS) is 18.1. The van der Waals surface area contributed by atoms with Crippen LogP contribution in [0.2, 0.25) is 0 Å². The number of hydrogen-bond acceptors (Lipinski definition) is 3. The molecular weight excluding hydrogens is 637 g/mol. The van der Waals surface area contributed by atoms with Crippen molar-refractivity contribution in [1.82, 2.24) is 19.3 Å². The van der Waals surface area contributed by atoms with Crippen molar-refractivity contribution in [3.8, 4) is 23.0 Å². The van der Waals surface area contributed by atoms with E-state index < -0.39 is 0 Å². The first-order valence-electron chi connectivity index (χ1n) is 19.4. The molecule has 0 saturated heterocycles. The van der Waals surface area contributed by atoms with Crippen LogP contribution in [0.1, 0.15) is 121 Å². The Balaban J connectivity index is 1.36. The topological polar surface area (TPSA) is 44.9 Å². The van der Waals surface area contributed by atoms with Gasteiger partial charge in [0.2, 0.25) is 0 Å². The molecule has 1 aliphatic rings. The van der Waals surface area contributed by atoms with Gasteiger partial charge in [0.15, 0.2) is 0 Å². The molecule has 3 aromatic carbocycles.